The SMILES string of the molecule is CC(CC(N)=O)NS(=O)(=O)c1ccc(O)c([N+](=O)[O-])c1. The van der Waals surface area contributed by atoms with Gasteiger partial charge in [-0.1, -0.05) is 0 Å². The second-order valence-corrected chi connectivity index (χ2v) is 5.81. The lowest BCUT2D eigenvalue weighted by Gasteiger charge is -2.12. The van der Waals surface area contributed by atoms with Gasteiger partial charge in [-0.05, 0) is 19.1 Å². The van der Waals surface area contributed by atoms with Gasteiger partial charge in [0.05, 0.1) is 9.82 Å². The summed E-state index contributed by atoms with van der Waals surface area (Å²) in [6.07, 6.45) is -0.209. The zero-order valence-electron chi connectivity index (χ0n) is 10.4. The standard InChI is InChI=1S/C10H13N3O6S/c1-6(4-10(11)15)12-20(18,19)7-2-3-9(14)8(5-7)13(16)17/h2-3,5-6,12,14H,4H2,1H3,(H2,11,15). The molecule has 110 valence electrons. The zero-order valence-corrected chi connectivity index (χ0v) is 11.3. The van der Waals surface area contributed by atoms with Gasteiger partial charge in [0, 0.05) is 18.5 Å². The van der Waals surface area contributed by atoms with Gasteiger partial charge in [0.25, 0.3) is 0 Å². The molecule has 1 atom stereocenters. The molecular formula is C10H13N3O6S. The Labute approximate surface area is 114 Å². The van der Waals surface area contributed by atoms with E-state index in [-0.39, 0.29) is 6.42 Å². The summed E-state index contributed by atoms with van der Waals surface area (Å²) in [5.74, 6) is -1.32. The van der Waals surface area contributed by atoms with Crippen molar-refractivity contribution in [1.29, 1.82) is 0 Å². The average Bonchev–Trinajstić information content (AvgIpc) is 2.26. The van der Waals surface area contributed by atoms with Crippen molar-refractivity contribution in [2.45, 2.75) is 24.3 Å². The molecule has 0 heterocycles. The second-order valence-electron chi connectivity index (χ2n) is 4.10. The number of hydrogen-bond donors (Lipinski definition) is 3. The van der Waals surface area contributed by atoms with E-state index < -0.39 is 43.2 Å². The zero-order chi connectivity index (χ0) is 15.5. The summed E-state index contributed by atoms with van der Waals surface area (Å²) in [6, 6.07) is 1.90. The lowest BCUT2D eigenvalue weighted by molar-refractivity contribution is -0.386. The Kier molecular flexibility index (Phi) is 4.63. The number of nitrogens with two attached hydrogens (primary N) is 1. The van der Waals surface area contributed by atoms with Crippen LogP contribution in [0.25, 0.3) is 0 Å². The molecule has 0 aliphatic heterocycles. The molecule has 0 aromatic heterocycles. The molecule has 0 aliphatic rings. The van der Waals surface area contributed by atoms with Crippen LogP contribution in [0.4, 0.5) is 5.69 Å². The minimum Gasteiger partial charge on any atom is -0.502 e. The van der Waals surface area contributed by atoms with Crippen molar-refractivity contribution < 1.29 is 23.2 Å². The van der Waals surface area contributed by atoms with E-state index in [9.17, 15) is 28.4 Å². The Morgan fingerprint density at radius 3 is 2.65 bits per heavy atom. The summed E-state index contributed by atoms with van der Waals surface area (Å²) in [6.45, 7) is 1.43. The highest BCUT2D eigenvalue weighted by Gasteiger charge is 2.23. The number of carbonyl (C=O) groups is 1. The molecule has 0 saturated carbocycles. The molecule has 1 amide bonds. The molecule has 0 fully saturated rings. The molecule has 0 radical (unpaired) electrons. The highest BCUT2D eigenvalue weighted by molar-refractivity contribution is 7.89. The first-order valence-electron chi connectivity index (χ1n) is 5.41. The largest absolute Gasteiger partial charge is 0.502 e. The number of benzene rings is 1. The molecule has 9 nitrogen and oxygen atoms in total. The van der Waals surface area contributed by atoms with Crippen LogP contribution >= 0.6 is 0 Å². The Hall–Kier alpha value is -2.20. The van der Waals surface area contributed by atoms with E-state index in [1.54, 1.807) is 0 Å². The summed E-state index contributed by atoms with van der Waals surface area (Å²) >= 11 is 0. The summed E-state index contributed by atoms with van der Waals surface area (Å²) < 4.78 is 26.0. The number of nitro benzene ring substituents is 1. The van der Waals surface area contributed by atoms with Crippen molar-refractivity contribution in [2.24, 2.45) is 5.73 Å². The van der Waals surface area contributed by atoms with Gasteiger partial charge < -0.3 is 10.8 Å². The smallest absolute Gasteiger partial charge is 0.312 e. The van der Waals surface area contributed by atoms with Gasteiger partial charge in [-0.2, -0.15) is 0 Å². The van der Waals surface area contributed by atoms with Crippen molar-refractivity contribution in [3.63, 3.8) is 0 Å². The minimum atomic E-state index is -4.05. The average molecular weight is 303 g/mol. The van der Waals surface area contributed by atoms with E-state index >= 15 is 0 Å². The van der Waals surface area contributed by atoms with Crippen LogP contribution in [0.3, 0.4) is 0 Å². The third-order valence-corrected chi connectivity index (χ3v) is 3.90. The van der Waals surface area contributed by atoms with Crippen LogP contribution in [0.5, 0.6) is 5.75 Å². The number of hydrogen-bond acceptors (Lipinski definition) is 6. The summed E-state index contributed by atoms with van der Waals surface area (Å²) in [5, 5.41) is 19.9. The van der Waals surface area contributed by atoms with E-state index in [2.05, 4.69) is 4.72 Å². The van der Waals surface area contributed by atoms with Crippen molar-refractivity contribution in [3.05, 3.63) is 28.3 Å². The van der Waals surface area contributed by atoms with Crippen LogP contribution in [0.1, 0.15) is 13.3 Å². The lowest BCUT2D eigenvalue weighted by atomic mass is 10.2. The van der Waals surface area contributed by atoms with E-state index in [1.807, 2.05) is 0 Å². The Morgan fingerprint density at radius 1 is 1.55 bits per heavy atom. The van der Waals surface area contributed by atoms with E-state index in [4.69, 9.17) is 5.73 Å². The van der Waals surface area contributed by atoms with Crippen LogP contribution in [0, 0.1) is 10.1 Å². The van der Waals surface area contributed by atoms with Crippen LogP contribution in [-0.4, -0.2) is 30.4 Å². The molecule has 0 saturated heterocycles. The Bertz CT molecular complexity index is 642. The number of phenols is 1. The fraction of sp³-hybridized carbons (Fsp3) is 0.300. The normalized spacial score (nSPS) is 12.8. The molecule has 4 N–H and O–H groups in total. The van der Waals surface area contributed by atoms with Gasteiger partial charge in [0.1, 0.15) is 0 Å². The van der Waals surface area contributed by atoms with Gasteiger partial charge in [-0.25, -0.2) is 13.1 Å². The van der Waals surface area contributed by atoms with Crippen LogP contribution in [0.2, 0.25) is 0 Å². The molecule has 20 heavy (non-hydrogen) atoms. The quantitative estimate of drug-likeness (QED) is 0.490. The number of amides is 1. The fourth-order valence-corrected chi connectivity index (χ4v) is 2.76. The summed E-state index contributed by atoms with van der Waals surface area (Å²) in [7, 11) is -4.05. The van der Waals surface area contributed by atoms with Crippen LogP contribution < -0.4 is 10.5 Å². The van der Waals surface area contributed by atoms with E-state index in [0.717, 1.165) is 18.2 Å². The maximum absolute atomic E-state index is 11.9. The molecule has 1 unspecified atom stereocenters. The number of phenolic OH excluding ortho intramolecular Hbond substituents is 1. The van der Waals surface area contributed by atoms with Crippen molar-refractivity contribution in [1.82, 2.24) is 4.72 Å². The number of rotatable bonds is 6. The maximum Gasteiger partial charge on any atom is 0.312 e. The molecule has 1 aromatic carbocycles. The predicted molar refractivity (Wildman–Crippen MR) is 68.4 cm³/mol. The van der Waals surface area contributed by atoms with Crippen LogP contribution in [-0.2, 0) is 14.8 Å². The van der Waals surface area contributed by atoms with Gasteiger partial charge in [-0.15, -0.1) is 0 Å². The fourth-order valence-electron chi connectivity index (χ4n) is 1.49. The van der Waals surface area contributed by atoms with Gasteiger partial charge >= 0.3 is 5.69 Å². The number of nitro groups is 1. The molecule has 0 bridgehead atoms. The van der Waals surface area contributed by atoms with E-state index in [1.165, 1.54) is 6.92 Å². The van der Waals surface area contributed by atoms with Gasteiger partial charge in [0.15, 0.2) is 5.75 Å². The minimum absolute atomic E-state index is 0.209. The lowest BCUT2D eigenvalue weighted by Crippen LogP contribution is -2.35. The number of primary amides is 1. The molecule has 0 spiro atoms. The molecule has 1 rings (SSSR count). The van der Waals surface area contributed by atoms with E-state index in [0.29, 0.717) is 0 Å². The van der Waals surface area contributed by atoms with Crippen molar-refractivity contribution >= 4 is 21.6 Å². The third kappa shape index (κ3) is 3.90. The first-order valence-corrected chi connectivity index (χ1v) is 6.90. The monoisotopic (exact) mass is 303 g/mol. The number of sulfonamides is 1. The molecule has 0 aliphatic carbocycles. The van der Waals surface area contributed by atoms with Crippen molar-refractivity contribution in [2.75, 3.05) is 0 Å². The van der Waals surface area contributed by atoms with Crippen LogP contribution in [0.15, 0.2) is 23.1 Å². The summed E-state index contributed by atoms with van der Waals surface area (Å²) in [5.41, 5.74) is 4.21. The first kappa shape index (κ1) is 15.9. The van der Waals surface area contributed by atoms with Gasteiger partial charge in [0.2, 0.25) is 15.9 Å². The van der Waals surface area contributed by atoms with Crippen molar-refractivity contribution in [3.8, 4) is 5.75 Å². The Balaban J connectivity index is 3.07. The summed E-state index contributed by atoms with van der Waals surface area (Å²) in [4.78, 5) is 20.0. The topological polar surface area (TPSA) is 153 Å². The third-order valence-electron chi connectivity index (χ3n) is 2.32. The first-order chi connectivity index (χ1) is 9.13. The highest BCUT2D eigenvalue weighted by Crippen LogP contribution is 2.28. The predicted octanol–water partition coefficient (Wildman–Crippen LogP) is -0.157. The molecular weight excluding hydrogens is 290 g/mol. The van der Waals surface area contributed by atoms with Gasteiger partial charge in [-0.3, -0.25) is 14.9 Å². The second kappa shape index (κ2) is 5.84. The number of nitrogens with zero attached hydrogens (tertiary/aromatic N) is 1. The number of carbonyl (C=O) groups excluding carboxylic acids is 1. The molecule has 10 heteroatoms. The highest BCUT2D eigenvalue weighted by atomic mass is 32.2. The molecule has 1 aromatic rings. The number of nitrogens with one attached hydrogen (secondary N) is 1. The maximum atomic E-state index is 11.9. The number of aromatic hydroxyl groups is 1. The Morgan fingerprint density at radius 2 is 2.15 bits per heavy atom.